The van der Waals surface area contributed by atoms with Gasteiger partial charge in [-0.15, -0.1) is 0 Å². The molecule has 1 N–H and O–H groups in total. The summed E-state index contributed by atoms with van der Waals surface area (Å²) < 4.78 is 23.2. The molecule has 0 aliphatic heterocycles. The zero-order valence-electron chi connectivity index (χ0n) is 10.6. The second-order valence-electron chi connectivity index (χ2n) is 4.15. The number of nitrogens with zero attached hydrogens (tertiary/aromatic N) is 2. The van der Waals surface area contributed by atoms with Gasteiger partial charge in [-0.05, 0) is 36.2 Å². The smallest absolute Gasteiger partial charge is 0.179 e. The Balaban J connectivity index is 2.05. The molecule has 0 radical (unpaired) electrons. The third kappa shape index (κ3) is 3.75. The normalized spacial score (nSPS) is 11.2. The van der Waals surface area contributed by atoms with E-state index in [0.717, 1.165) is 12.0 Å². The number of anilines is 1. The van der Waals surface area contributed by atoms with Crippen LogP contribution in [0.15, 0.2) is 47.8 Å². The number of aromatic nitrogens is 2. The van der Waals surface area contributed by atoms with E-state index in [1.807, 2.05) is 12.1 Å². The molecule has 0 unspecified atom stereocenters. The maximum Gasteiger partial charge on any atom is 0.179 e. The first-order valence-electron chi connectivity index (χ1n) is 5.85. The van der Waals surface area contributed by atoms with Crippen molar-refractivity contribution in [3.8, 4) is 0 Å². The molecule has 0 aliphatic carbocycles. The van der Waals surface area contributed by atoms with Crippen molar-refractivity contribution in [1.29, 1.82) is 0 Å². The Kier molecular flexibility index (Phi) is 4.11. The van der Waals surface area contributed by atoms with Crippen LogP contribution in [0.3, 0.4) is 0 Å². The van der Waals surface area contributed by atoms with Gasteiger partial charge < -0.3 is 5.32 Å². The van der Waals surface area contributed by atoms with Crippen LogP contribution in [-0.4, -0.2) is 31.2 Å². The molecule has 2 heterocycles. The lowest BCUT2D eigenvalue weighted by Crippen LogP contribution is -2.10. The standard InChI is InChI=1S/C13H15N3O2S/c1-19(17,18)12-3-2-7-15-13(12)16-10-6-11-4-8-14-9-5-11/h2-5,7-9H,6,10H2,1H3,(H,15,16). The van der Waals surface area contributed by atoms with Crippen LogP contribution in [0.2, 0.25) is 0 Å². The monoisotopic (exact) mass is 277 g/mol. The van der Waals surface area contributed by atoms with E-state index in [9.17, 15) is 8.42 Å². The molecular weight excluding hydrogens is 262 g/mol. The quantitative estimate of drug-likeness (QED) is 0.897. The molecule has 0 amide bonds. The van der Waals surface area contributed by atoms with Crippen LogP contribution in [0.4, 0.5) is 5.82 Å². The van der Waals surface area contributed by atoms with Crippen LogP contribution >= 0.6 is 0 Å². The van der Waals surface area contributed by atoms with Gasteiger partial charge in [0.2, 0.25) is 0 Å². The maximum absolute atomic E-state index is 11.6. The predicted molar refractivity (Wildman–Crippen MR) is 73.8 cm³/mol. The molecule has 0 saturated carbocycles. The number of rotatable bonds is 5. The summed E-state index contributed by atoms with van der Waals surface area (Å²) in [6, 6.07) is 7.02. The second kappa shape index (κ2) is 5.79. The average Bonchev–Trinajstić information content (AvgIpc) is 2.39. The molecule has 100 valence electrons. The van der Waals surface area contributed by atoms with Crippen molar-refractivity contribution in [2.75, 3.05) is 18.1 Å². The highest BCUT2D eigenvalue weighted by Gasteiger charge is 2.13. The van der Waals surface area contributed by atoms with Gasteiger partial charge in [-0.1, -0.05) is 0 Å². The Labute approximate surface area is 112 Å². The van der Waals surface area contributed by atoms with Gasteiger partial charge in [-0.2, -0.15) is 0 Å². The lowest BCUT2D eigenvalue weighted by Gasteiger charge is -2.09. The van der Waals surface area contributed by atoms with Crippen molar-refractivity contribution in [2.24, 2.45) is 0 Å². The van der Waals surface area contributed by atoms with Crippen LogP contribution in [0.25, 0.3) is 0 Å². The maximum atomic E-state index is 11.6. The number of pyridine rings is 2. The minimum Gasteiger partial charge on any atom is -0.369 e. The molecule has 6 heteroatoms. The van der Waals surface area contributed by atoms with E-state index in [2.05, 4.69) is 15.3 Å². The first-order chi connectivity index (χ1) is 9.07. The summed E-state index contributed by atoms with van der Waals surface area (Å²) in [4.78, 5) is 8.25. The SMILES string of the molecule is CS(=O)(=O)c1cccnc1NCCc1ccncc1. The highest BCUT2D eigenvalue weighted by Crippen LogP contribution is 2.17. The van der Waals surface area contributed by atoms with Gasteiger partial charge in [0.05, 0.1) is 0 Å². The molecule has 0 aliphatic rings. The second-order valence-corrected chi connectivity index (χ2v) is 6.14. The minimum atomic E-state index is -3.26. The highest BCUT2D eigenvalue weighted by molar-refractivity contribution is 7.90. The summed E-state index contributed by atoms with van der Waals surface area (Å²) in [7, 11) is -3.26. The van der Waals surface area contributed by atoms with Crippen molar-refractivity contribution in [3.05, 3.63) is 48.4 Å². The van der Waals surface area contributed by atoms with Crippen LogP contribution in [-0.2, 0) is 16.3 Å². The van der Waals surface area contributed by atoms with Gasteiger partial charge in [0.15, 0.2) is 9.84 Å². The molecule has 0 saturated heterocycles. The molecule has 2 aromatic heterocycles. The topological polar surface area (TPSA) is 72.0 Å². The third-order valence-electron chi connectivity index (χ3n) is 2.63. The van der Waals surface area contributed by atoms with Crippen molar-refractivity contribution in [2.45, 2.75) is 11.3 Å². The van der Waals surface area contributed by atoms with E-state index in [1.165, 1.54) is 6.26 Å². The van der Waals surface area contributed by atoms with Gasteiger partial charge in [0.1, 0.15) is 10.7 Å². The van der Waals surface area contributed by atoms with E-state index in [0.29, 0.717) is 12.4 Å². The fourth-order valence-electron chi connectivity index (χ4n) is 1.70. The Morgan fingerprint density at radius 2 is 1.89 bits per heavy atom. The summed E-state index contributed by atoms with van der Waals surface area (Å²) in [5.41, 5.74) is 1.14. The Morgan fingerprint density at radius 3 is 2.58 bits per heavy atom. The third-order valence-corrected chi connectivity index (χ3v) is 3.75. The lowest BCUT2D eigenvalue weighted by molar-refractivity contribution is 0.602. The average molecular weight is 277 g/mol. The zero-order valence-corrected chi connectivity index (χ0v) is 11.4. The molecule has 0 aromatic carbocycles. The fourth-order valence-corrected chi connectivity index (χ4v) is 2.50. The van der Waals surface area contributed by atoms with Gasteiger partial charge in [0.25, 0.3) is 0 Å². The Bertz CT molecular complexity index is 642. The minimum absolute atomic E-state index is 0.227. The summed E-state index contributed by atoms with van der Waals surface area (Å²) in [6.07, 6.45) is 7.00. The van der Waals surface area contributed by atoms with E-state index in [1.54, 1.807) is 30.7 Å². The molecule has 2 aromatic rings. The van der Waals surface area contributed by atoms with Crippen LogP contribution < -0.4 is 5.32 Å². The van der Waals surface area contributed by atoms with Crippen molar-refractivity contribution in [1.82, 2.24) is 9.97 Å². The molecular formula is C13H15N3O2S. The van der Waals surface area contributed by atoms with Gasteiger partial charge in [-0.25, -0.2) is 13.4 Å². The Hall–Kier alpha value is -1.95. The highest BCUT2D eigenvalue weighted by atomic mass is 32.2. The molecule has 5 nitrogen and oxygen atoms in total. The summed E-state index contributed by atoms with van der Waals surface area (Å²) in [5.74, 6) is 0.402. The van der Waals surface area contributed by atoms with Crippen molar-refractivity contribution < 1.29 is 8.42 Å². The van der Waals surface area contributed by atoms with Gasteiger partial charge >= 0.3 is 0 Å². The van der Waals surface area contributed by atoms with Crippen LogP contribution in [0, 0.1) is 0 Å². The van der Waals surface area contributed by atoms with E-state index >= 15 is 0 Å². The van der Waals surface area contributed by atoms with Gasteiger partial charge in [0, 0.05) is 31.4 Å². The molecule has 0 atom stereocenters. The van der Waals surface area contributed by atoms with Crippen molar-refractivity contribution >= 4 is 15.7 Å². The van der Waals surface area contributed by atoms with Crippen LogP contribution in [0.5, 0.6) is 0 Å². The number of sulfone groups is 1. The van der Waals surface area contributed by atoms with E-state index < -0.39 is 9.84 Å². The molecule has 0 fully saturated rings. The number of hydrogen-bond donors (Lipinski definition) is 1. The Morgan fingerprint density at radius 1 is 1.16 bits per heavy atom. The molecule has 19 heavy (non-hydrogen) atoms. The van der Waals surface area contributed by atoms with Crippen LogP contribution in [0.1, 0.15) is 5.56 Å². The lowest BCUT2D eigenvalue weighted by atomic mass is 10.2. The zero-order chi connectivity index (χ0) is 13.7. The fraction of sp³-hybridized carbons (Fsp3) is 0.231. The predicted octanol–water partition coefficient (Wildman–Crippen LogP) is 1.53. The van der Waals surface area contributed by atoms with Gasteiger partial charge in [-0.3, -0.25) is 4.98 Å². The first kappa shape index (κ1) is 13.5. The first-order valence-corrected chi connectivity index (χ1v) is 7.74. The molecule has 2 rings (SSSR count). The largest absolute Gasteiger partial charge is 0.369 e. The van der Waals surface area contributed by atoms with E-state index in [-0.39, 0.29) is 4.90 Å². The molecule has 0 spiro atoms. The summed E-state index contributed by atoms with van der Waals surface area (Å²) in [5, 5.41) is 3.06. The summed E-state index contributed by atoms with van der Waals surface area (Å²) >= 11 is 0. The van der Waals surface area contributed by atoms with Crippen molar-refractivity contribution in [3.63, 3.8) is 0 Å². The van der Waals surface area contributed by atoms with E-state index in [4.69, 9.17) is 0 Å². The summed E-state index contributed by atoms with van der Waals surface area (Å²) in [6.45, 7) is 0.615. The molecule has 0 bridgehead atoms. The number of hydrogen-bond acceptors (Lipinski definition) is 5. The number of nitrogens with one attached hydrogen (secondary N) is 1.